The average molecular weight is 681 g/mol. The Bertz CT molecular complexity index is 2910. The first-order valence-corrected chi connectivity index (χ1v) is 17.8. The molecule has 0 saturated carbocycles. The molecule has 1 heteroatoms. The number of para-hydroxylation sites is 1. The van der Waals surface area contributed by atoms with Crippen LogP contribution in [0.4, 0.5) is 17.1 Å². The number of anilines is 3. The molecule has 0 saturated heterocycles. The standard InChI is InChI=1S/C52H37N/c1-3-16-38(17-4-1)39-30-34-43(35-31-39)53(44-36-32-42(33-37-44)46-28-15-21-41-20-7-8-22-45(41)46)52-29-14-13-27-51(52)50-26-12-11-25-49(50)48-24-10-9-23-47(48)40-18-5-2-6-19-40/h1-37H/i1D,3D,4D,16D,17D. The molecule has 0 atom stereocenters. The van der Waals surface area contributed by atoms with Gasteiger partial charge in [-0.05, 0) is 91.2 Å². The SMILES string of the molecule is [2H]c1c([2H])c([2H])c(-c2ccc(N(c3ccc(-c4cccc5ccccc45)cc3)c3ccccc3-c3ccccc3-c3ccccc3-c3ccccc3)cc2)c([2H])c1[2H]. The molecule has 0 aliphatic rings. The van der Waals surface area contributed by atoms with Crippen LogP contribution in [0.5, 0.6) is 0 Å². The van der Waals surface area contributed by atoms with E-state index < -0.39 is 6.04 Å². The number of nitrogens with zero attached hydrogens (tertiary/aromatic N) is 1. The van der Waals surface area contributed by atoms with Gasteiger partial charge < -0.3 is 4.90 Å². The summed E-state index contributed by atoms with van der Waals surface area (Å²) in [6.07, 6.45) is 0. The van der Waals surface area contributed by atoms with Crippen LogP contribution in [0.15, 0.2) is 224 Å². The van der Waals surface area contributed by atoms with Crippen LogP contribution < -0.4 is 4.90 Å². The fourth-order valence-corrected chi connectivity index (χ4v) is 7.30. The van der Waals surface area contributed by atoms with Gasteiger partial charge in [0.25, 0.3) is 0 Å². The summed E-state index contributed by atoms with van der Waals surface area (Å²) in [6, 6.07) is 65.4. The lowest BCUT2D eigenvalue weighted by atomic mass is 9.88. The third-order valence-corrected chi connectivity index (χ3v) is 9.80. The van der Waals surface area contributed by atoms with Crippen molar-refractivity contribution in [1.29, 1.82) is 0 Å². The van der Waals surface area contributed by atoms with E-state index in [1.54, 1.807) is 0 Å². The van der Waals surface area contributed by atoms with Gasteiger partial charge in [-0.15, -0.1) is 0 Å². The third kappa shape index (κ3) is 6.30. The van der Waals surface area contributed by atoms with Gasteiger partial charge in [-0.2, -0.15) is 0 Å². The Morgan fingerprint density at radius 1 is 0.302 bits per heavy atom. The van der Waals surface area contributed by atoms with E-state index in [9.17, 15) is 0 Å². The van der Waals surface area contributed by atoms with Crippen molar-refractivity contribution in [1.82, 2.24) is 0 Å². The molecule has 0 spiro atoms. The van der Waals surface area contributed by atoms with Gasteiger partial charge in [0.1, 0.15) is 0 Å². The van der Waals surface area contributed by atoms with Crippen LogP contribution in [0.3, 0.4) is 0 Å². The summed E-state index contributed by atoms with van der Waals surface area (Å²) in [7, 11) is 0. The minimum Gasteiger partial charge on any atom is -0.310 e. The first-order chi connectivity index (χ1) is 28.4. The van der Waals surface area contributed by atoms with E-state index in [1.165, 1.54) is 10.8 Å². The lowest BCUT2D eigenvalue weighted by Crippen LogP contribution is -2.11. The predicted octanol–water partition coefficient (Wildman–Crippen LogP) is 14.6. The lowest BCUT2D eigenvalue weighted by Gasteiger charge is -2.29. The Labute approximate surface area is 318 Å². The maximum absolute atomic E-state index is 8.62. The molecule has 0 aliphatic heterocycles. The Hall–Kier alpha value is -6.96. The molecule has 0 radical (unpaired) electrons. The van der Waals surface area contributed by atoms with Crippen LogP contribution >= 0.6 is 0 Å². The highest BCUT2D eigenvalue weighted by atomic mass is 15.1. The van der Waals surface area contributed by atoms with Crippen molar-refractivity contribution < 1.29 is 6.85 Å². The van der Waals surface area contributed by atoms with E-state index in [4.69, 9.17) is 6.85 Å². The molecule has 0 fully saturated rings. The highest BCUT2D eigenvalue weighted by Gasteiger charge is 2.20. The molecule has 0 bridgehead atoms. The molecular formula is C52H37N. The van der Waals surface area contributed by atoms with E-state index in [0.717, 1.165) is 61.6 Å². The monoisotopic (exact) mass is 680 g/mol. The van der Waals surface area contributed by atoms with Crippen molar-refractivity contribution in [2.75, 3.05) is 4.90 Å². The molecular weight excluding hydrogens is 639 g/mol. The summed E-state index contributed by atoms with van der Waals surface area (Å²) in [5.41, 5.74) is 12.4. The fraction of sp³-hybridized carbons (Fsp3) is 0. The molecule has 53 heavy (non-hydrogen) atoms. The van der Waals surface area contributed by atoms with Gasteiger partial charge in [0.15, 0.2) is 0 Å². The maximum Gasteiger partial charge on any atom is 0.0629 e. The molecule has 1 nitrogen and oxygen atoms in total. The highest BCUT2D eigenvalue weighted by molar-refractivity contribution is 5.99. The van der Waals surface area contributed by atoms with Gasteiger partial charge in [0, 0.05) is 16.9 Å². The highest BCUT2D eigenvalue weighted by Crippen LogP contribution is 2.45. The molecule has 0 heterocycles. The first kappa shape index (κ1) is 26.8. The van der Waals surface area contributed by atoms with Crippen molar-refractivity contribution >= 4 is 27.8 Å². The largest absolute Gasteiger partial charge is 0.310 e. The zero-order valence-electron chi connectivity index (χ0n) is 33.9. The number of rotatable bonds is 8. The van der Waals surface area contributed by atoms with Crippen molar-refractivity contribution in [3.05, 3.63) is 224 Å². The summed E-state index contributed by atoms with van der Waals surface area (Å²) >= 11 is 0. The normalized spacial score (nSPS) is 12.3. The van der Waals surface area contributed by atoms with Gasteiger partial charge in [0.05, 0.1) is 12.5 Å². The summed E-state index contributed by atoms with van der Waals surface area (Å²) in [6.45, 7) is 0. The second kappa shape index (κ2) is 14.3. The number of hydrogen-bond acceptors (Lipinski definition) is 1. The summed E-state index contributed by atoms with van der Waals surface area (Å²) in [4.78, 5) is 2.23. The Kier molecular flexibility index (Phi) is 7.25. The fourth-order valence-electron chi connectivity index (χ4n) is 7.30. The van der Waals surface area contributed by atoms with Gasteiger partial charge in [-0.25, -0.2) is 0 Å². The smallest absolute Gasteiger partial charge is 0.0629 e. The predicted molar refractivity (Wildman–Crippen MR) is 226 cm³/mol. The van der Waals surface area contributed by atoms with Crippen LogP contribution in [-0.2, 0) is 0 Å². The Morgan fingerprint density at radius 3 is 1.47 bits per heavy atom. The van der Waals surface area contributed by atoms with Crippen LogP contribution in [0.25, 0.3) is 66.4 Å². The van der Waals surface area contributed by atoms with Gasteiger partial charge in [-0.1, -0.05) is 194 Å². The van der Waals surface area contributed by atoms with Gasteiger partial charge >= 0.3 is 0 Å². The second-order valence-electron chi connectivity index (χ2n) is 12.9. The molecule has 0 amide bonds. The van der Waals surface area contributed by atoms with E-state index in [2.05, 4.69) is 169 Å². The summed E-state index contributed by atoms with van der Waals surface area (Å²) in [5.74, 6) is 0. The minimum absolute atomic E-state index is 0.176. The van der Waals surface area contributed by atoms with Gasteiger partial charge in [0.2, 0.25) is 0 Å². The topological polar surface area (TPSA) is 3.24 Å². The lowest BCUT2D eigenvalue weighted by molar-refractivity contribution is 1.28. The number of benzene rings is 9. The Morgan fingerprint density at radius 2 is 0.774 bits per heavy atom. The van der Waals surface area contributed by atoms with Crippen LogP contribution in [0, 0.1) is 0 Å². The quantitative estimate of drug-likeness (QED) is 0.154. The maximum atomic E-state index is 8.62. The molecule has 9 rings (SSSR count). The molecule has 9 aromatic carbocycles. The molecule has 0 N–H and O–H groups in total. The van der Waals surface area contributed by atoms with Crippen molar-refractivity contribution in [3.63, 3.8) is 0 Å². The van der Waals surface area contributed by atoms with Crippen molar-refractivity contribution in [2.24, 2.45) is 0 Å². The van der Waals surface area contributed by atoms with E-state index in [0.29, 0.717) is 5.56 Å². The molecule has 0 aliphatic carbocycles. The molecule has 0 unspecified atom stereocenters. The van der Waals surface area contributed by atoms with E-state index in [-0.39, 0.29) is 29.7 Å². The summed E-state index contributed by atoms with van der Waals surface area (Å²) in [5, 5.41) is 2.38. The van der Waals surface area contributed by atoms with Crippen LogP contribution in [-0.4, -0.2) is 0 Å². The average Bonchev–Trinajstić information content (AvgIpc) is 3.29. The first-order valence-electron chi connectivity index (χ1n) is 20.3. The van der Waals surface area contributed by atoms with E-state index in [1.807, 2.05) is 30.3 Å². The third-order valence-electron chi connectivity index (χ3n) is 9.80. The zero-order valence-corrected chi connectivity index (χ0v) is 28.9. The number of hydrogen-bond donors (Lipinski definition) is 0. The minimum atomic E-state index is -0.406. The van der Waals surface area contributed by atoms with Crippen LogP contribution in [0.1, 0.15) is 6.85 Å². The van der Waals surface area contributed by atoms with E-state index >= 15 is 0 Å². The molecule has 250 valence electrons. The zero-order chi connectivity index (χ0) is 39.8. The number of fused-ring (bicyclic) bond motifs is 1. The van der Waals surface area contributed by atoms with Crippen molar-refractivity contribution in [3.8, 4) is 55.6 Å². The van der Waals surface area contributed by atoms with Gasteiger partial charge in [-0.3, -0.25) is 0 Å². The van der Waals surface area contributed by atoms with Crippen molar-refractivity contribution in [2.45, 2.75) is 0 Å². The van der Waals surface area contributed by atoms with Crippen LogP contribution in [0.2, 0.25) is 0 Å². The summed E-state index contributed by atoms with van der Waals surface area (Å²) < 4.78 is 41.9. The Balaban J connectivity index is 1.21. The molecule has 0 aromatic heterocycles. The second-order valence-corrected chi connectivity index (χ2v) is 12.9. The molecule has 9 aromatic rings.